The number of halogens is 1. The van der Waals surface area contributed by atoms with Crippen molar-refractivity contribution in [1.29, 1.82) is 0 Å². The highest BCUT2D eigenvalue weighted by molar-refractivity contribution is 9.10. The summed E-state index contributed by atoms with van der Waals surface area (Å²) in [5, 5.41) is 0. The van der Waals surface area contributed by atoms with Gasteiger partial charge in [0.1, 0.15) is 0 Å². The summed E-state index contributed by atoms with van der Waals surface area (Å²) in [6, 6.07) is 5.16. The van der Waals surface area contributed by atoms with Crippen LogP contribution in [-0.4, -0.2) is 21.1 Å². The minimum absolute atomic E-state index is 0.0928. The van der Waals surface area contributed by atoms with E-state index in [1.807, 2.05) is 13.0 Å². The van der Waals surface area contributed by atoms with E-state index in [2.05, 4.69) is 25.4 Å². The van der Waals surface area contributed by atoms with Crippen molar-refractivity contribution in [2.45, 2.75) is 13.8 Å². The van der Waals surface area contributed by atoms with Crippen LogP contribution in [0, 0.1) is 6.92 Å². The maximum atomic E-state index is 11.6. The molecule has 0 spiro atoms. The van der Waals surface area contributed by atoms with E-state index in [0.717, 1.165) is 5.56 Å². The molecule has 0 saturated carbocycles. The third-order valence-electron chi connectivity index (χ3n) is 1.86. The molecule has 100 valence electrons. The second kappa shape index (κ2) is 6.05. The molecule has 2 N–H and O–H groups in total. The zero-order valence-corrected chi connectivity index (χ0v) is 12.3. The lowest BCUT2D eigenvalue weighted by atomic mass is 10.2. The molecule has 0 aliphatic carbocycles. The van der Waals surface area contributed by atoms with Crippen molar-refractivity contribution in [2.75, 3.05) is 11.3 Å². The largest absolute Gasteiger partial charge is 0.449 e. The molecule has 0 atom stereocenters. The molecule has 0 aromatic heterocycles. The quantitative estimate of drug-likeness (QED) is 0.882. The van der Waals surface area contributed by atoms with Crippen LogP contribution >= 0.6 is 15.9 Å². The van der Waals surface area contributed by atoms with Gasteiger partial charge in [-0.2, -0.15) is 8.42 Å². The summed E-state index contributed by atoms with van der Waals surface area (Å²) in [5.74, 6) is 0. The number of anilines is 1. The van der Waals surface area contributed by atoms with E-state index >= 15 is 0 Å². The van der Waals surface area contributed by atoms with Crippen molar-refractivity contribution >= 4 is 37.9 Å². The van der Waals surface area contributed by atoms with E-state index in [1.165, 1.54) is 0 Å². The van der Waals surface area contributed by atoms with Gasteiger partial charge in [-0.25, -0.2) is 9.52 Å². The molecule has 0 unspecified atom stereocenters. The van der Waals surface area contributed by atoms with Crippen LogP contribution in [0.1, 0.15) is 12.5 Å². The van der Waals surface area contributed by atoms with Gasteiger partial charge in [0.05, 0.1) is 12.3 Å². The first-order valence-corrected chi connectivity index (χ1v) is 7.35. The Labute approximate surface area is 114 Å². The molecular formula is C10H13BrN2O4S. The zero-order valence-electron chi connectivity index (χ0n) is 9.86. The Bertz CT molecular complexity index is 545. The topological polar surface area (TPSA) is 84.5 Å². The highest BCUT2D eigenvalue weighted by Crippen LogP contribution is 2.23. The van der Waals surface area contributed by atoms with Gasteiger partial charge in [0.15, 0.2) is 0 Å². The van der Waals surface area contributed by atoms with Crippen LogP contribution in [0.3, 0.4) is 0 Å². The van der Waals surface area contributed by atoms with Gasteiger partial charge < -0.3 is 4.74 Å². The molecule has 1 rings (SSSR count). The van der Waals surface area contributed by atoms with Gasteiger partial charge >= 0.3 is 16.3 Å². The number of amides is 1. The van der Waals surface area contributed by atoms with Gasteiger partial charge in [0.25, 0.3) is 0 Å². The van der Waals surface area contributed by atoms with Crippen LogP contribution in [0.5, 0.6) is 0 Å². The summed E-state index contributed by atoms with van der Waals surface area (Å²) in [6.07, 6.45) is -1.02. The number of hydrogen-bond acceptors (Lipinski definition) is 4. The summed E-state index contributed by atoms with van der Waals surface area (Å²) in [6.45, 7) is 3.50. The highest BCUT2D eigenvalue weighted by Gasteiger charge is 2.16. The number of carbonyl (C=O) groups excluding carboxylic acids is 1. The Morgan fingerprint density at radius 3 is 2.72 bits per heavy atom. The van der Waals surface area contributed by atoms with Crippen molar-refractivity contribution in [1.82, 2.24) is 4.72 Å². The number of hydrogen-bond donors (Lipinski definition) is 2. The molecule has 0 aliphatic rings. The van der Waals surface area contributed by atoms with Crippen molar-refractivity contribution in [2.24, 2.45) is 0 Å². The van der Waals surface area contributed by atoms with Gasteiger partial charge in [0, 0.05) is 4.47 Å². The molecule has 0 saturated heterocycles. The number of aryl methyl sites for hydroxylation is 1. The molecule has 0 aliphatic heterocycles. The number of carbonyl (C=O) groups is 1. The minimum Gasteiger partial charge on any atom is -0.449 e. The fourth-order valence-corrected chi connectivity index (χ4v) is 2.42. The fourth-order valence-electron chi connectivity index (χ4n) is 1.16. The Kier molecular flexibility index (Phi) is 4.97. The van der Waals surface area contributed by atoms with E-state index in [0.29, 0.717) is 10.2 Å². The maximum absolute atomic E-state index is 11.6. The molecular weight excluding hydrogens is 324 g/mol. The smallest absolute Gasteiger partial charge is 0.422 e. The van der Waals surface area contributed by atoms with Gasteiger partial charge in [-0.15, -0.1) is 0 Å². The monoisotopic (exact) mass is 336 g/mol. The van der Waals surface area contributed by atoms with E-state index in [9.17, 15) is 13.2 Å². The SMILES string of the molecule is CCOC(=O)NS(=O)(=O)Nc1cc(C)ccc1Br. The van der Waals surface area contributed by atoms with Gasteiger partial charge in [-0.3, -0.25) is 4.72 Å². The van der Waals surface area contributed by atoms with Crippen LogP contribution in [0.4, 0.5) is 10.5 Å². The first-order chi connectivity index (χ1) is 8.34. The highest BCUT2D eigenvalue weighted by atomic mass is 79.9. The summed E-state index contributed by atoms with van der Waals surface area (Å²) in [5.41, 5.74) is 1.22. The fraction of sp³-hybridized carbons (Fsp3) is 0.300. The number of rotatable bonds is 4. The van der Waals surface area contributed by atoms with E-state index < -0.39 is 16.3 Å². The Balaban J connectivity index is 2.82. The average Bonchev–Trinajstić information content (AvgIpc) is 2.22. The Morgan fingerprint density at radius 2 is 2.11 bits per heavy atom. The minimum atomic E-state index is -4.00. The predicted octanol–water partition coefficient (Wildman–Crippen LogP) is 2.16. The molecule has 18 heavy (non-hydrogen) atoms. The van der Waals surface area contributed by atoms with E-state index in [1.54, 1.807) is 23.8 Å². The predicted molar refractivity (Wildman–Crippen MR) is 71.6 cm³/mol. The van der Waals surface area contributed by atoms with Gasteiger partial charge in [0.2, 0.25) is 0 Å². The summed E-state index contributed by atoms with van der Waals surface area (Å²) in [4.78, 5) is 11.0. The molecule has 1 aromatic rings. The molecule has 1 amide bonds. The number of nitrogens with one attached hydrogen (secondary N) is 2. The third kappa shape index (κ3) is 4.53. The van der Waals surface area contributed by atoms with Gasteiger partial charge in [-0.05, 0) is 47.5 Å². The molecule has 6 nitrogen and oxygen atoms in total. The first kappa shape index (κ1) is 14.8. The second-order valence-corrected chi connectivity index (χ2v) is 5.68. The number of ether oxygens (including phenoxy) is 1. The van der Waals surface area contributed by atoms with Crippen LogP contribution in [-0.2, 0) is 14.9 Å². The van der Waals surface area contributed by atoms with Crippen LogP contribution in [0.25, 0.3) is 0 Å². The molecule has 8 heteroatoms. The lowest BCUT2D eigenvalue weighted by molar-refractivity contribution is 0.159. The van der Waals surface area contributed by atoms with Crippen LogP contribution in [0.15, 0.2) is 22.7 Å². The second-order valence-electron chi connectivity index (χ2n) is 3.41. The van der Waals surface area contributed by atoms with Crippen LogP contribution in [0.2, 0.25) is 0 Å². The van der Waals surface area contributed by atoms with Crippen molar-refractivity contribution < 1.29 is 17.9 Å². The standard InChI is InChI=1S/C10H13BrN2O4S/c1-3-17-10(14)13-18(15,16)12-9-6-7(2)4-5-8(9)11/h4-6,12H,3H2,1-2H3,(H,13,14). The third-order valence-corrected chi connectivity index (χ3v) is 3.47. The van der Waals surface area contributed by atoms with Crippen LogP contribution < -0.4 is 9.44 Å². The van der Waals surface area contributed by atoms with E-state index in [-0.39, 0.29) is 6.61 Å². The number of benzene rings is 1. The van der Waals surface area contributed by atoms with Crippen molar-refractivity contribution in [3.05, 3.63) is 28.2 Å². The molecule has 1 aromatic carbocycles. The molecule has 0 bridgehead atoms. The maximum Gasteiger partial charge on any atom is 0.422 e. The van der Waals surface area contributed by atoms with E-state index in [4.69, 9.17) is 0 Å². The summed E-state index contributed by atoms with van der Waals surface area (Å²) >= 11 is 3.21. The molecule has 0 fully saturated rings. The normalized spacial score (nSPS) is 10.8. The Hall–Kier alpha value is -1.28. The van der Waals surface area contributed by atoms with Gasteiger partial charge in [-0.1, -0.05) is 6.07 Å². The van der Waals surface area contributed by atoms with Crippen molar-refractivity contribution in [3.63, 3.8) is 0 Å². The zero-order chi connectivity index (χ0) is 13.8. The lowest BCUT2D eigenvalue weighted by Gasteiger charge is -2.11. The molecule has 0 radical (unpaired) electrons. The molecule has 0 heterocycles. The lowest BCUT2D eigenvalue weighted by Crippen LogP contribution is -2.35. The van der Waals surface area contributed by atoms with Crippen molar-refractivity contribution in [3.8, 4) is 0 Å². The summed E-state index contributed by atoms with van der Waals surface area (Å²) in [7, 11) is -4.00. The first-order valence-electron chi connectivity index (χ1n) is 5.07. The Morgan fingerprint density at radius 1 is 1.44 bits per heavy atom. The average molecular weight is 337 g/mol. The summed E-state index contributed by atoms with van der Waals surface area (Å²) < 4.78 is 32.2.